The van der Waals surface area contributed by atoms with Crippen LogP contribution in [-0.2, 0) is 32.7 Å². The van der Waals surface area contributed by atoms with Gasteiger partial charge in [-0.3, -0.25) is 4.57 Å². The molecule has 0 aliphatic heterocycles. The van der Waals surface area contributed by atoms with Gasteiger partial charge in [0.1, 0.15) is 0 Å². The van der Waals surface area contributed by atoms with Crippen molar-refractivity contribution in [2.24, 2.45) is 0 Å². The zero-order chi connectivity index (χ0) is 17.0. The third-order valence-electron chi connectivity index (χ3n) is 2.18. The summed E-state index contributed by atoms with van der Waals surface area (Å²) in [4.78, 5) is 22.1. The summed E-state index contributed by atoms with van der Waals surface area (Å²) in [6.45, 7) is 10.6. The van der Waals surface area contributed by atoms with Gasteiger partial charge in [0, 0.05) is 24.0 Å². The maximum Gasteiger partial charge on any atom is 0.333 e. The number of rotatable bonds is 12. The predicted molar refractivity (Wildman–Crippen MR) is 81.7 cm³/mol. The van der Waals surface area contributed by atoms with Crippen molar-refractivity contribution < 1.29 is 32.7 Å². The van der Waals surface area contributed by atoms with Crippen LogP contribution in [0, 0.1) is 0 Å². The molecule has 0 spiro atoms. The third-order valence-corrected chi connectivity index (χ3v) is 3.06. The van der Waals surface area contributed by atoms with Crippen LogP contribution in [0.2, 0.25) is 0 Å². The highest BCUT2D eigenvalue weighted by Crippen LogP contribution is 2.23. The first kappa shape index (κ1) is 20.6. The van der Waals surface area contributed by atoms with Crippen molar-refractivity contribution in [3.63, 3.8) is 0 Å². The molecule has 0 aromatic carbocycles. The zero-order valence-corrected chi connectivity index (χ0v) is 14.0. The quantitative estimate of drug-likeness (QED) is 0.234. The van der Waals surface area contributed by atoms with Crippen molar-refractivity contribution >= 4 is 20.2 Å². The van der Waals surface area contributed by atoms with E-state index in [1.54, 1.807) is 13.8 Å². The molecule has 0 N–H and O–H groups in total. The fourth-order valence-electron chi connectivity index (χ4n) is 1.05. The summed E-state index contributed by atoms with van der Waals surface area (Å²) < 4.78 is 30.9. The van der Waals surface area contributed by atoms with Crippen LogP contribution < -0.4 is 0 Å². The first-order valence-electron chi connectivity index (χ1n) is 6.79. The number of carbonyl (C=O) groups excluding carboxylic acids is 2. The lowest BCUT2D eigenvalue weighted by Gasteiger charge is -2.07. The van der Waals surface area contributed by atoms with Crippen molar-refractivity contribution in [3.05, 3.63) is 24.3 Å². The van der Waals surface area contributed by atoms with Gasteiger partial charge in [0.15, 0.2) is 0 Å². The van der Waals surface area contributed by atoms with Crippen molar-refractivity contribution in [1.82, 2.24) is 0 Å². The van der Waals surface area contributed by atoms with Gasteiger partial charge in [-0.1, -0.05) is 13.2 Å². The lowest BCUT2D eigenvalue weighted by atomic mass is 10.4. The van der Waals surface area contributed by atoms with E-state index in [2.05, 4.69) is 13.2 Å². The number of esters is 2. The first-order valence-corrected chi connectivity index (χ1v) is 8.02. The summed E-state index contributed by atoms with van der Waals surface area (Å²) in [6, 6.07) is 0. The average Bonchev–Trinajstić information content (AvgIpc) is 2.45. The van der Waals surface area contributed by atoms with Gasteiger partial charge in [0.2, 0.25) is 0 Å². The Labute approximate surface area is 131 Å². The summed E-state index contributed by atoms with van der Waals surface area (Å²) in [5, 5.41) is 0. The van der Waals surface area contributed by atoms with Gasteiger partial charge in [0.25, 0.3) is 0 Å². The van der Waals surface area contributed by atoms with Crippen LogP contribution in [0.15, 0.2) is 24.3 Å². The predicted octanol–water partition coefficient (Wildman–Crippen LogP) is 2.43. The minimum atomic E-state index is -2.59. The molecule has 0 rings (SSSR count). The van der Waals surface area contributed by atoms with Gasteiger partial charge in [-0.05, 0) is 13.8 Å². The standard InChI is InChI=1S/C14H23O7P/c1-11(2)13(15)18-7-5-9-20-22(17)21-10-6-8-19-14(16)12(3)4/h22H,1,3,5-10H2,2,4H3. The van der Waals surface area contributed by atoms with Crippen molar-refractivity contribution in [1.29, 1.82) is 0 Å². The van der Waals surface area contributed by atoms with Gasteiger partial charge in [0.05, 0.1) is 26.4 Å². The molecule has 0 aromatic heterocycles. The minimum absolute atomic E-state index is 0.159. The Bertz CT molecular complexity index is 393. The molecule has 8 heteroatoms. The molecule has 0 unspecified atom stereocenters. The topological polar surface area (TPSA) is 88.1 Å². The van der Waals surface area contributed by atoms with Crippen molar-refractivity contribution in [3.8, 4) is 0 Å². The van der Waals surface area contributed by atoms with E-state index < -0.39 is 20.2 Å². The highest BCUT2D eigenvalue weighted by atomic mass is 31.1. The van der Waals surface area contributed by atoms with E-state index in [1.807, 2.05) is 0 Å². The summed E-state index contributed by atoms with van der Waals surface area (Å²) in [6.07, 6.45) is 0.823. The van der Waals surface area contributed by atoms with E-state index in [0.29, 0.717) is 24.0 Å². The summed E-state index contributed by atoms with van der Waals surface area (Å²) in [5.74, 6) is -0.929. The van der Waals surface area contributed by atoms with E-state index in [1.165, 1.54) is 0 Å². The molecular weight excluding hydrogens is 311 g/mol. The van der Waals surface area contributed by atoms with Crippen LogP contribution in [-0.4, -0.2) is 38.4 Å². The average molecular weight is 334 g/mol. The van der Waals surface area contributed by atoms with Crippen LogP contribution in [0.4, 0.5) is 0 Å². The van der Waals surface area contributed by atoms with Crippen LogP contribution in [0.3, 0.4) is 0 Å². The Balaban J connectivity index is 3.47. The van der Waals surface area contributed by atoms with Crippen LogP contribution in [0.25, 0.3) is 0 Å². The molecule has 0 bridgehead atoms. The van der Waals surface area contributed by atoms with Gasteiger partial charge in [-0.25, -0.2) is 9.59 Å². The monoisotopic (exact) mass is 334 g/mol. The fourth-order valence-corrected chi connectivity index (χ4v) is 1.75. The van der Waals surface area contributed by atoms with Crippen molar-refractivity contribution in [2.45, 2.75) is 26.7 Å². The normalized spacial score (nSPS) is 10.3. The van der Waals surface area contributed by atoms with E-state index in [-0.39, 0.29) is 26.4 Å². The summed E-state index contributed by atoms with van der Waals surface area (Å²) >= 11 is 0. The molecule has 126 valence electrons. The van der Waals surface area contributed by atoms with Gasteiger partial charge in [-0.2, -0.15) is 0 Å². The fraction of sp³-hybridized carbons (Fsp3) is 0.571. The van der Waals surface area contributed by atoms with Crippen LogP contribution in [0.5, 0.6) is 0 Å². The lowest BCUT2D eigenvalue weighted by molar-refractivity contribution is -0.140. The summed E-state index contributed by atoms with van der Waals surface area (Å²) in [5.41, 5.74) is 0.648. The van der Waals surface area contributed by atoms with E-state index in [0.717, 1.165) is 0 Å². The Hall–Kier alpha value is -1.43. The zero-order valence-electron chi connectivity index (χ0n) is 13.0. The Morgan fingerprint density at radius 1 is 0.818 bits per heavy atom. The van der Waals surface area contributed by atoms with Gasteiger partial charge < -0.3 is 18.5 Å². The molecule has 0 radical (unpaired) electrons. The molecule has 0 saturated carbocycles. The Morgan fingerprint density at radius 3 is 1.50 bits per heavy atom. The maximum absolute atomic E-state index is 11.4. The van der Waals surface area contributed by atoms with E-state index in [4.69, 9.17) is 18.5 Å². The van der Waals surface area contributed by atoms with Crippen molar-refractivity contribution in [2.75, 3.05) is 26.4 Å². The SMILES string of the molecule is C=C(C)C(=O)OCCCO[PH](=O)OCCCOC(=O)C(=C)C. The molecule has 22 heavy (non-hydrogen) atoms. The second-order valence-electron chi connectivity index (χ2n) is 4.49. The van der Waals surface area contributed by atoms with E-state index >= 15 is 0 Å². The Morgan fingerprint density at radius 2 is 1.18 bits per heavy atom. The van der Waals surface area contributed by atoms with Gasteiger partial charge >= 0.3 is 20.2 Å². The lowest BCUT2D eigenvalue weighted by Crippen LogP contribution is -2.08. The second-order valence-corrected chi connectivity index (χ2v) is 5.56. The molecule has 0 aliphatic carbocycles. The number of ether oxygens (including phenoxy) is 2. The molecular formula is C14H23O7P. The molecule has 0 aromatic rings. The van der Waals surface area contributed by atoms with Gasteiger partial charge in [-0.15, -0.1) is 0 Å². The molecule has 0 amide bonds. The van der Waals surface area contributed by atoms with Crippen LogP contribution in [0.1, 0.15) is 26.7 Å². The highest BCUT2D eigenvalue weighted by Gasteiger charge is 2.05. The maximum atomic E-state index is 11.4. The summed E-state index contributed by atoms with van der Waals surface area (Å²) in [7, 11) is -2.59. The van der Waals surface area contributed by atoms with E-state index in [9.17, 15) is 14.2 Å². The molecule has 0 fully saturated rings. The van der Waals surface area contributed by atoms with Crippen LogP contribution >= 0.6 is 8.25 Å². The number of carbonyl (C=O) groups is 2. The molecule has 0 atom stereocenters. The molecule has 0 aliphatic rings. The third kappa shape index (κ3) is 11.3. The minimum Gasteiger partial charge on any atom is -0.462 e. The highest BCUT2D eigenvalue weighted by molar-refractivity contribution is 7.33. The Kier molecular flexibility index (Phi) is 11.4. The molecule has 0 saturated heterocycles. The molecule has 7 nitrogen and oxygen atoms in total. The number of hydrogen-bond acceptors (Lipinski definition) is 7. The number of hydrogen-bond donors (Lipinski definition) is 0. The largest absolute Gasteiger partial charge is 0.462 e. The smallest absolute Gasteiger partial charge is 0.333 e. The molecule has 0 heterocycles. The second kappa shape index (κ2) is 12.1. The first-order chi connectivity index (χ1) is 10.3.